The van der Waals surface area contributed by atoms with Gasteiger partial charge in [0.05, 0.1) is 10.9 Å². The molecule has 0 aliphatic rings. The molecule has 0 aliphatic heterocycles. The smallest absolute Gasteiger partial charge is 0.423 e. The molecule has 3 nitrogen and oxygen atoms in total. The number of aromatic nitrogens is 1. The van der Waals surface area contributed by atoms with Crippen LogP contribution in [0.15, 0.2) is 103 Å². The summed E-state index contributed by atoms with van der Waals surface area (Å²) in [6.45, 7) is 12.0. The fourth-order valence-corrected chi connectivity index (χ4v) is 4.19. The van der Waals surface area contributed by atoms with Crippen LogP contribution in [0.3, 0.4) is 0 Å². The van der Waals surface area contributed by atoms with Crippen molar-refractivity contribution in [2.24, 2.45) is 0 Å². The van der Waals surface area contributed by atoms with Gasteiger partial charge in [-0.1, -0.05) is 93.7 Å². The summed E-state index contributed by atoms with van der Waals surface area (Å²) >= 11 is 0. The minimum absolute atomic E-state index is 0.215. The quantitative estimate of drug-likeness (QED) is 0.372. The van der Waals surface area contributed by atoms with Crippen molar-refractivity contribution >= 4 is 41.4 Å². The molecular formula is C30H28BNO2. The van der Waals surface area contributed by atoms with Crippen LogP contribution in [-0.2, 0) is 0 Å². The van der Waals surface area contributed by atoms with E-state index in [1.165, 1.54) is 11.1 Å². The molecule has 0 atom stereocenters. The zero-order valence-electron chi connectivity index (χ0n) is 19.6. The molecule has 0 aliphatic carbocycles. The van der Waals surface area contributed by atoms with Crippen LogP contribution in [0.4, 0.5) is 0 Å². The van der Waals surface area contributed by atoms with Gasteiger partial charge in [0.15, 0.2) is 0 Å². The molecule has 0 radical (unpaired) electrons. The van der Waals surface area contributed by atoms with Gasteiger partial charge in [0.25, 0.3) is 0 Å². The van der Waals surface area contributed by atoms with Gasteiger partial charge in [0, 0.05) is 16.3 Å². The number of nitrogens with zero attached hydrogens (tertiary/aromatic N) is 1. The van der Waals surface area contributed by atoms with Gasteiger partial charge in [-0.15, -0.1) is 0 Å². The van der Waals surface area contributed by atoms with Gasteiger partial charge in [-0.2, -0.15) is 0 Å². The Hall–Kier alpha value is -3.86. The standard InChI is InChI=1S/C28H22BNO2.C2H6/c1-19(29(31)32)16-28-20(2)26-10-6-7-11-27(26)30(28)25-15-14-23-17-22(12-13-24(23)18-25)21-8-4-3-5-9-21;1-2/h3-18,31-32H,1-2H2;1-2H3/b28-16+;. The monoisotopic (exact) mass is 445 g/mol. The number of hydrogen-bond donors (Lipinski definition) is 2. The van der Waals surface area contributed by atoms with E-state index in [2.05, 4.69) is 66.3 Å². The van der Waals surface area contributed by atoms with Gasteiger partial charge in [0.2, 0.25) is 0 Å². The molecule has 0 saturated heterocycles. The fraction of sp³-hybridized carbons (Fsp3) is 0.0667. The van der Waals surface area contributed by atoms with Gasteiger partial charge in [-0.25, -0.2) is 0 Å². The van der Waals surface area contributed by atoms with Gasteiger partial charge >= 0.3 is 7.12 Å². The Kier molecular flexibility index (Phi) is 6.83. The van der Waals surface area contributed by atoms with E-state index in [9.17, 15) is 10.0 Å². The lowest BCUT2D eigenvalue weighted by molar-refractivity contribution is 0.421. The van der Waals surface area contributed by atoms with E-state index in [1.54, 1.807) is 6.08 Å². The molecule has 1 aromatic heterocycles. The van der Waals surface area contributed by atoms with Crippen molar-refractivity contribution in [3.8, 4) is 16.8 Å². The lowest BCUT2D eigenvalue weighted by Crippen LogP contribution is -2.29. The second-order valence-corrected chi connectivity index (χ2v) is 7.92. The maximum absolute atomic E-state index is 9.57. The summed E-state index contributed by atoms with van der Waals surface area (Å²) in [6.07, 6.45) is 1.69. The fourth-order valence-electron chi connectivity index (χ4n) is 4.19. The molecule has 0 amide bonds. The largest absolute Gasteiger partial charge is 0.487 e. The van der Waals surface area contributed by atoms with E-state index in [0.717, 1.165) is 37.9 Å². The summed E-state index contributed by atoms with van der Waals surface area (Å²) in [5.74, 6) is 0. The zero-order chi connectivity index (χ0) is 24.2. The highest BCUT2D eigenvalue weighted by atomic mass is 16.4. The van der Waals surface area contributed by atoms with Crippen LogP contribution in [0.1, 0.15) is 13.8 Å². The number of rotatable bonds is 4. The average Bonchev–Trinajstić information content (AvgIpc) is 3.16. The maximum atomic E-state index is 9.57. The normalized spacial score (nSPS) is 11.4. The highest BCUT2D eigenvalue weighted by molar-refractivity contribution is 6.53. The molecule has 4 heteroatoms. The summed E-state index contributed by atoms with van der Waals surface area (Å²) in [4.78, 5) is 0. The Bertz CT molecular complexity index is 1580. The van der Waals surface area contributed by atoms with Crippen LogP contribution in [0.5, 0.6) is 0 Å². The summed E-state index contributed by atoms with van der Waals surface area (Å²) in [5, 5.41) is 24.0. The van der Waals surface area contributed by atoms with Gasteiger partial charge < -0.3 is 14.6 Å². The van der Waals surface area contributed by atoms with Crippen LogP contribution < -0.4 is 10.6 Å². The van der Waals surface area contributed by atoms with Crippen LogP contribution >= 0.6 is 0 Å². The van der Waals surface area contributed by atoms with Crippen molar-refractivity contribution in [3.63, 3.8) is 0 Å². The van der Waals surface area contributed by atoms with Gasteiger partial charge in [-0.3, -0.25) is 0 Å². The third-order valence-electron chi connectivity index (χ3n) is 5.86. The van der Waals surface area contributed by atoms with Crippen LogP contribution in [0.2, 0.25) is 0 Å². The molecule has 5 aromatic rings. The van der Waals surface area contributed by atoms with E-state index in [4.69, 9.17) is 0 Å². The Labute approximate surface area is 200 Å². The van der Waals surface area contributed by atoms with E-state index < -0.39 is 7.12 Å². The highest BCUT2D eigenvalue weighted by Gasteiger charge is 2.13. The lowest BCUT2D eigenvalue weighted by Gasteiger charge is -2.10. The third kappa shape index (κ3) is 4.34. The molecule has 4 aromatic carbocycles. The number of benzene rings is 4. The Morgan fingerprint density at radius 2 is 1.44 bits per heavy atom. The third-order valence-corrected chi connectivity index (χ3v) is 5.86. The first-order chi connectivity index (χ1) is 16.5. The van der Waals surface area contributed by atoms with Crippen molar-refractivity contribution < 1.29 is 10.0 Å². The molecule has 0 bridgehead atoms. The van der Waals surface area contributed by atoms with E-state index in [0.29, 0.717) is 0 Å². The first-order valence-corrected chi connectivity index (χ1v) is 11.5. The molecule has 0 fully saturated rings. The van der Waals surface area contributed by atoms with Crippen LogP contribution in [0.25, 0.3) is 51.1 Å². The second-order valence-electron chi connectivity index (χ2n) is 7.92. The number of hydrogen-bond acceptors (Lipinski definition) is 2. The van der Waals surface area contributed by atoms with Crippen molar-refractivity contribution in [1.29, 1.82) is 0 Å². The molecule has 0 spiro atoms. The summed E-state index contributed by atoms with van der Waals surface area (Å²) < 4.78 is 2.09. The first-order valence-electron chi connectivity index (χ1n) is 11.5. The van der Waals surface area contributed by atoms with E-state index in [1.807, 2.05) is 56.3 Å². The molecule has 0 unspecified atom stereocenters. The molecule has 168 valence electrons. The molecule has 0 saturated carbocycles. The molecule has 1 heterocycles. The maximum Gasteiger partial charge on any atom is 0.487 e. The SMILES string of the molecule is C=C(/C=c1\c(=C)c2ccccc2n1-c1ccc2cc(-c3ccccc3)ccc2c1)B(O)O.CC. The lowest BCUT2D eigenvalue weighted by atomic mass is 9.80. The summed E-state index contributed by atoms with van der Waals surface area (Å²) in [5.41, 5.74) is 4.56. The van der Waals surface area contributed by atoms with Crippen molar-refractivity contribution in [1.82, 2.24) is 4.57 Å². The minimum Gasteiger partial charge on any atom is -0.423 e. The Balaban J connectivity index is 0.00000133. The van der Waals surface area contributed by atoms with Gasteiger partial charge in [0.1, 0.15) is 0 Å². The van der Waals surface area contributed by atoms with Crippen molar-refractivity contribution in [2.45, 2.75) is 13.8 Å². The predicted molar refractivity (Wildman–Crippen MR) is 146 cm³/mol. The van der Waals surface area contributed by atoms with E-state index >= 15 is 0 Å². The summed E-state index contributed by atoms with van der Waals surface area (Å²) in [7, 11) is -1.62. The molecule has 34 heavy (non-hydrogen) atoms. The van der Waals surface area contributed by atoms with Crippen molar-refractivity contribution in [2.75, 3.05) is 0 Å². The number of para-hydroxylation sites is 1. The molecule has 5 rings (SSSR count). The van der Waals surface area contributed by atoms with Crippen LogP contribution in [0, 0.1) is 0 Å². The second kappa shape index (κ2) is 9.96. The average molecular weight is 445 g/mol. The van der Waals surface area contributed by atoms with Gasteiger partial charge in [-0.05, 0) is 57.7 Å². The minimum atomic E-state index is -1.62. The Morgan fingerprint density at radius 1 is 0.794 bits per heavy atom. The zero-order valence-corrected chi connectivity index (χ0v) is 19.6. The molecular weight excluding hydrogens is 417 g/mol. The Morgan fingerprint density at radius 3 is 2.18 bits per heavy atom. The van der Waals surface area contributed by atoms with Crippen LogP contribution in [-0.4, -0.2) is 21.7 Å². The predicted octanol–water partition coefficient (Wildman–Crippen LogP) is 5.24. The topological polar surface area (TPSA) is 45.4 Å². The summed E-state index contributed by atoms with van der Waals surface area (Å²) in [6, 6.07) is 31.2. The van der Waals surface area contributed by atoms with Crippen molar-refractivity contribution in [3.05, 3.63) is 114 Å². The first kappa shape index (κ1) is 23.3. The molecule has 2 N–H and O–H groups in total. The number of allylic oxidation sites excluding steroid dienone is 1. The number of fused-ring (bicyclic) bond motifs is 2. The van der Waals surface area contributed by atoms with E-state index in [-0.39, 0.29) is 5.47 Å². The highest BCUT2D eigenvalue weighted by Crippen LogP contribution is 2.26.